The first-order valence-electron chi connectivity index (χ1n) is 9.22. The van der Waals surface area contributed by atoms with Crippen molar-refractivity contribution in [1.82, 2.24) is 9.88 Å². The molecule has 0 bridgehead atoms. The summed E-state index contributed by atoms with van der Waals surface area (Å²) in [6.45, 7) is 6.22. The Kier molecular flexibility index (Phi) is 5.35. The van der Waals surface area contributed by atoms with Crippen LogP contribution in [0.3, 0.4) is 0 Å². The highest BCUT2D eigenvalue weighted by Crippen LogP contribution is 2.30. The van der Waals surface area contributed by atoms with Gasteiger partial charge in [-0.1, -0.05) is 29.3 Å². The molecule has 6 heteroatoms. The average molecular weight is 422 g/mol. The molecule has 2 heterocycles. The monoisotopic (exact) mass is 421 g/mol. The first-order valence-corrected chi connectivity index (χ1v) is 10.4. The van der Waals surface area contributed by atoms with Gasteiger partial charge in [0.15, 0.2) is 5.17 Å². The molecular weight excluding hydrogens is 402 g/mol. The number of benzene rings is 2. The van der Waals surface area contributed by atoms with Gasteiger partial charge < -0.3 is 9.88 Å². The van der Waals surface area contributed by atoms with Gasteiger partial charge in [-0.05, 0) is 86.6 Å². The first kappa shape index (κ1) is 19.6. The maximum atomic E-state index is 12.4. The number of aliphatic imine (C=N–C) groups is 1. The Morgan fingerprint density at radius 1 is 1.03 bits per heavy atom. The fourth-order valence-corrected chi connectivity index (χ4v) is 4.24. The molecular formula is C23H20ClN3OS. The van der Waals surface area contributed by atoms with Crippen LogP contribution in [0.5, 0.6) is 0 Å². The Balaban J connectivity index is 1.63. The van der Waals surface area contributed by atoms with Gasteiger partial charge in [0, 0.05) is 22.1 Å². The molecule has 1 N–H and O–H groups in total. The molecule has 2 aromatic carbocycles. The van der Waals surface area contributed by atoms with Crippen molar-refractivity contribution in [2.24, 2.45) is 4.99 Å². The molecule has 0 atom stereocenters. The van der Waals surface area contributed by atoms with Crippen molar-refractivity contribution in [2.75, 3.05) is 0 Å². The molecule has 146 valence electrons. The van der Waals surface area contributed by atoms with Crippen molar-refractivity contribution >= 4 is 46.2 Å². The van der Waals surface area contributed by atoms with Crippen LogP contribution in [0.4, 0.5) is 5.69 Å². The van der Waals surface area contributed by atoms with Crippen LogP contribution in [0.15, 0.2) is 64.5 Å². The van der Waals surface area contributed by atoms with E-state index in [-0.39, 0.29) is 5.91 Å². The summed E-state index contributed by atoms with van der Waals surface area (Å²) in [5, 5.41) is 4.05. The number of thioether (sulfide) groups is 1. The zero-order chi connectivity index (χ0) is 20.5. The Hall–Kier alpha value is -2.76. The maximum Gasteiger partial charge on any atom is 0.264 e. The van der Waals surface area contributed by atoms with E-state index in [0.29, 0.717) is 15.1 Å². The molecule has 0 saturated carbocycles. The number of amides is 1. The summed E-state index contributed by atoms with van der Waals surface area (Å²) in [6.07, 6.45) is 1.93. The summed E-state index contributed by atoms with van der Waals surface area (Å²) in [5.74, 6) is -0.136. The molecule has 29 heavy (non-hydrogen) atoms. The van der Waals surface area contributed by atoms with Crippen LogP contribution < -0.4 is 5.32 Å². The number of carbonyl (C=O) groups excluding carboxylic acids is 1. The normalized spacial score (nSPS) is 16.6. The third kappa shape index (κ3) is 4.16. The Bertz CT molecular complexity index is 1140. The number of carbonyl (C=O) groups is 1. The summed E-state index contributed by atoms with van der Waals surface area (Å²) < 4.78 is 2.20. The van der Waals surface area contributed by atoms with E-state index in [2.05, 4.69) is 66.0 Å². The van der Waals surface area contributed by atoms with Crippen molar-refractivity contribution in [3.63, 3.8) is 0 Å². The second-order valence-corrected chi connectivity index (χ2v) is 8.42. The third-order valence-electron chi connectivity index (χ3n) is 4.76. The van der Waals surface area contributed by atoms with Crippen LogP contribution in [0.25, 0.3) is 11.8 Å². The van der Waals surface area contributed by atoms with E-state index in [1.807, 2.05) is 18.2 Å². The summed E-state index contributed by atoms with van der Waals surface area (Å²) >= 11 is 7.25. The quantitative estimate of drug-likeness (QED) is 0.531. The van der Waals surface area contributed by atoms with Gasteiger partial charge in [0.1, 0.15) is 0 Å². The van der Waals surface area contributed by atoms with Gasteiger partial charge in [-0.25, -0.2) is 4.99 Å². The van der Waals surface area contributed by atoms with E-state index < -0.39 is 0 Å². The van der Waals surface area contributed by atoms with Crippen LogP contribution in [0, 0.1) is 20.8 Å². The lowest BCUT2D eigenvalue weighted by atomic mass is 10.2. The van der Waals surface area contributed by atoms with E-state index in [1.165, 1.54) is 17.3 Å². The van der Waals surface area contributed by atoms with E-state index >= 15 is 0 Å². The summed E-state index contributed by atoms with van der Waals surface area (Å²) in [4.78, 5) is 17.5. The lowest BCUT2D eigenvalue weighted by molar-refractivity contribution is -0.115. The molecule has 1 aliphatic heterocycles. The fourth-order valence-electron chi connectivity index (χ4n) is 3.28. The number of amidine groups is 1. The molecule has 4 nitrogen and oxygen atoms in total. The number of halogens is 1. The number of nitrogens with zero attached hydrogens (tertiary/aromatic N) is 2. The van der Waals surface area contributed by atoms with E-state index in [0.717, 1.165) is 28.3 Å². The van der Waals surface area contributed by atoms with Gasteiger partial charge in [-0.3, -0.25) is 4.79 Å². The molecule has 1 aromatic heterocycles. The average Bonchev–Trinajstić information content (AvgIpc) is 3.17. The molecule has 3 aromatic rings. The predicted octanol–water partition coefficient (Wildman–Crippen LogP) is 5.95. The van der Waals surface area contributed by atoms with Gasteiger partial charge in [-0.2, -0.15) is 0 Å². The number of nitrogens with one attached hydrogen (secondary N) is 1. The molecule has 1 saturated heterocycles. The lowest BCUT2D eigenvalue weighted by Gasteiger charge is -2.10. The number of rotatable bonds is 3. The maximum absolute atomic E-state index is 12.4. The molecule has 1 fully saturated rings. The SMILES string of the molecule is Cc1ccc(-n2c(C)cc(/C=C3\SC(=Nc4ccc(Cl)cc4)NC3=O)c2C)cc1. The lowest BCUT2D eigenvalue weighted by Crippen LogP contribution is -2.19. The van der Waals surface area contributed by atoms with E-state index in [9.17, 15) is 4.79 Å². The summed E-state index contributed by atoms with van der Waals surface area (Å²) in [6, 6.07) is 17.7. The zero-order valence-corrected chi connectivity index (χ0v) is 17.9. The number of aryl methyl sites for hydroxylation is 2. The summed E-state index contributed by atoms with van der Waals surface area (Å²) in [5.41, 5.74) is 6.32. The topological polar surface area (TPSA) is 46.4 Å². The summed E-state index contributed by atoms with van der Waals surface area (Å²) in [7, 11) is 0. The highest BCUT2D eigenvalue weighted by molar-refractivity contribution is 8.18. The Morgan fingerprint density at radius 2 is 1.72 bits per heavy atom. The number of hydrogen-bond acceptors (Lipinski definition) is 3. The van der Waals surface area contributed by atoms with Crippen LogP contribution in [0.1, 0.15) is 22.5 Å². The van der Waals surface area contributed by atoms with Crippen molar-refractivity contribution in [2.45, 2.75) is 20.8 Å². The molecule has 0 aliphatic carbocycles. The van der Waals surface area contributed by atoms with Gasteiger partial charge in [0.25, 0.3) is 5.91 Å². The molecule has 1 aliphatic rings. The van der Waals surface area contributed by atoms with E-state index in [1.54, 1.807) is 12.1 Å². The van der Waals surface area contributed by atoms with Crippen molar-refractivity contribution in [3.05, 3.63) is 87.0 Å². The fraction of sp³-hybridized carbons (Fsp3) is 0.130. The third-order valence-corrected chi connectivity index (χ3v) is 5.92. The highest BCUT2D eigenvalue weighted by atomic mass is 35.5. The minimum absolute atomic E-state index is 0.136. The molecule has 1 amide bonds. The van der Waals surface area contributed by atoms with Crippen molar-refractivity contribution in [1.29, 1.82) is 0 Å². The van der Waals surface area contributed by atoms with E-state index in [4.69, 9.17) is 11.6 Å². The highest BCUT2D eigenvalue weighted by Gasteiger charge is 2.24. The van der Waals surface area contributed by atoms with Crippen LogP contribution in [-0.2, 0) is 4.79 Å². The van der Waals surface area contributed by atoms with Gasteiger partial charge >= 0.3 is 0 Å². The van der Waals surface area contributed by atoms with Crippen LogP contribution >= 0.6 is 23.4 Å². The van der Waals surface area contributed by atoms with Gasteiger partial charge in [0.2, 0.25) is 0 Å². The van der Waals surface area contributed by atoms with Crippen molar-refractivity contribution < 1.29 is 4.79 Å². The molecule has 0 unspecified atom stereocenters. The predicted molar refractivity (Wildman–Crippen MR) is 122 cm³/mol. The first-order chi connectivity index (χ1) is 13.9. The molecule has 0 spiro atoms. The second-order valence-electron chi connectivity index (χ2n) is 6.96. The molecule has 0 radical (unpaired) electrons. The molecule has 4 rings (SSSR count). The number of aromatic nitrogens is 1. The Labute approximate surface area is 179 Å². The second kappa shape index (κ2) is 7.93. The van der Waals surface area contributed by atoms with Gasteiger partial charge in [0.05, 0.1) is 10.6 Å². The minimum Gasteiger partial charge on any atom is -0.318 e. The smallest absolute Gasteiger partial charge is 0.264 e. The standard InChI is InChI=1S/C23H20ClN3OS/c1-14-4-10-20(11-5-14)27-15(2)12-17(16(27)3)13-21-22(28)26-23(29-21)25-19-8-6-18(24)7-9-19/h4-13H,1-3H3,(H,25,26,28)/b21-13-. The minimum atomic E-state index is -0.136. The van der Waals surface area contributed by atoms with Gasteiger partial charge in [-0.15, -0.1) is 0 Å². The Morgan fingerprint density at radius 3 is 2.41 bits per heavy atom. The van der Waals surface area contributed by atoms with Crippen LogP contribution in [-0.4, -0.2) is 15.6 Å². The zero-order valence-electron chi connectivity index (χ0n) is 16.4. The largest absolute Gasteiger partial charge is 0.318 e. The number of hydrogen-bond donors (Lipinski definition) is 1. The van der Waals surface area contributed by atoms with Crippen molar-refractivity contribution in [3.8, 4) is 5.69 Å². The van der Waals surface area contributed by atoms with Crippen LogP contribution in [0.2, 0.25) is 5.02 Å².